The zero-order valence-corrected chi connectivity index (χ0v) is 12.4. The Labute approximate surface area is 110 Å². The minimum Gasteiger partial charge on any atom is -0.324 e. The summed E-state index contributed by atoms with van der Waals surface area (Å²) in [5.74, 6) is 0.0151. The van der Waals surface area contributed by atoms with E-state index in [1.807, 2.05) is 31.4 Å². The Morgan fingerprint density at radius 2 is 2.13 bits per heavy atom. The van der Waals surface area contributed by atoms with Crippen LogP contribution in [-0.2, 0) is 4.79 Å². The van der Waals surface area contributed by atoms with Crippen molar-refractivity contribution >= 4 is 55.2 Å². The topological polar surface area (TPSA) is 29.1 Å². The molecular weight excluding hydrogens is 342 g/mol. The number of anilines is 1. The van der Waals surface area contributed by atoms with Crippen LogP contribution in [0.1, 0.15) is 6.92 Å². The Kier molecular flexibility index (Phi) is 5.15. The number of hydrogen-bond acceptors (Lipinski definition) is 2. The van der Waals surface area contributed by atoms with Crippen LogP contribution in [0.15, 0.2) is 27.1 Å². The van der Waals surface area contributed by atoms with Gasteiger partial charge >= 0.3 is 0 Å². The number of hydrogen-bond donors (Lipinski definition) is 1. The fraction of sp³-hybridized carbons (Fsp3) is 0.300. The molecule has 0 fully saturated rings. The summed E-state index contributed by atoms with van der Waals surface area (Å²) in [6, 6.07) is 5.68. The monoisotopic (exact) mass is 351 g/mol. The van der Waals surface area contributed by atoms with Gasteiger partial charge in [0.25, 0.3) is 0 Å². The van der Waals surface area contributed by atoms with Crippen LogP contribution in [0.2, 0.25) is 0 Å². The molecule has 2 nitrogen and oxygen atoms in total. The Morgan fingerprint density at radius 1 is 1.47 bits per heavy atom. The van der Waals surface area contributed by atoms with Crippen LogP contribution in [-0.4, -0.2) is 17.4 Å². The second kappa shape index (κ2) is 5.92. The molecule has 0 saturated heterocycles. The van der Waals surface area contributed by atoms with Crippen LogP contribution in [0.3, 0.4) is 0 Å². The minimum atomic E-state index is -0.0455. The van der Waals surface area contributed by atoms with Crippen molar-refractivity contribution in [1.29, 1.82) is 0 Å². The SMILES string of the molecule is CSC(C)C(=O)Nc1cc(Br)ccc1Br. The quantitative estimate of drug-likeness (QED) is 0.893. The third kappa shape index (κ3) is 3.81. The Balaban J connectivity index is 2.80. The third-order valence-corrected chi connectivity index (χ3v) is 4.01. The summed E-state index contributed by atoms with van der Waals surface area (Å²) < 4.78 is 1.82. The molecule has 82 valence electrons. The summed E-state index contributed by atoms with van der Waals surface area (Å²) in [5, 5.41) is 2.82. The molecule has 1 aromatic rings. The van der Waals surface area contributed by atoms with E-state index in [-0.39, 0.29) is 11.2 Å². The molecule has 0 heterocycles. The number of amides is 1. The number of halogens is 2. The molecule has 0 radical (unpaired) electrons. The molecule has 0 spiro atoms. The smallest absolute Gasteiger partial charge is 0.237 e. The minimum absolute atomic E-state index is 0.0151. The van der Waals surface area contributed by atoms with E-state index in [1.54, 1.807) is 0 Å². The highest BCUT2D eigenvalue weighted by molar-refractivity contribution is 9.11. The fourth-order valence-electron chi connectivity index (χ4n) is 0.935. The normalized spacial score (nSPS) is 12.3. The standard InChI is InChI=1S/C10H11Br2NOS/c1-6(15-2)10(14)13-9-5-7(11)3-4-8(9)12/h3-6H,1-2H3,(H,13,14). The van der Waals surface area contributed by atoms with Crippen molar-refractivity contribution in [2.24, 2.45) is 0 Å². The molecule has 1 rings (SSSR count). The zero-order chi connectivity index (χ0) is 11.4. The first-order valence-electron chi connectivity index (χ1n) is 4.33. The highest BCUT2D eigenvalue weighted by atomic mass is 79.9. The molecule has 0 saturated carbocycles. The van der Waals surface area contributed by atoms with Crippen LogP contribution in [0.4, 0.5) is 5.69 Å². The zero-order valence-electron chi connectivity index (χ0n) is 8.38. The van der Waals surface area contributed by atoms with Gasteiger partial charge in [-0.25, -0.2) is 0 Å². The molecule has 0 aliphatic carbocycles. The van der Waals surface area contributed by atoms with Crippen LogP contribution in [0, 0.1) is 0 Å². The van der Waals surface area contributed by atoms with Gasteiger partial charge in [-0.1, -0.05) is 15.9 Å². The molecule has 0 bridgehead atoms. The van der Waals surface area contributed by atoms with Crippen molar-refractivity contribution < 1.29 is 4.79 Å². The molecular formula is C10H11Br2NOS. The second-order valence-corrected chi connectivity index (χ2v) is 5.94. The highest BCUT2D eigenvalue weighted by Gasteiger charge is 2.12. The summed E-state index contributed by atoms with van der Waals surface area (Å²) in [4.78, 5) is 11.6. The van der Waals surface area contributed by atoms with E-state index in [0.29, 0.717) is 0 Å². The first-order valence-corrected chi connectivity index (χ1v) is 7.20. The maximum absolute atomic E-state index is 11.6. The maximum Gasteiger partial charge on any atom is 0.237 e. The van der Waals surface area contributed by atoms with Crippen molar-refractivity contribution in [3.63, 3.8) is 0 Å². The molecule has 1 aromatic carbocycles. The van der Waals surface area contributed by atoms with Gasteiger partial charge in [-0.2, -0.15) is 11.8 Å². The lowest BCUT2D eigenvalue weighted by Crippen LogP contribution is -2.22. The van der Waals surface area contributed by atoms with Crippen LogP contribution >= 0.6 is 43.6 Å². The van der Waals surface area contributed by atoms with Crippen molar-refractivity contribution in [3.05, 3.63) is 27.1 Å². The van der Waals surface area contributed by atoms with Gasteiger partial charge in [-0.05, 0) is 47.3 Å². The molecule has 0 aliphatic heterocycles. The predicted molar refractivity (Wildman–Crippen MR) is 73.4 cm³/mol. The van der Waals surface area contributed by atoms with Crippen molar-refractivity contribution in [2.75, 3.05) is 11.6 Å². The molecule has 0 aliphatic rings. The van der Waals surface area contributed by atoms with Gasteiger partial charge in [0, 0.05) is 8.95 Å². The maximum atomic E-state index is 11.6. The second-order valence-electron chi connectivity index (χ2n) is 2.99. The van der Waals surface area contributed by atoms with Crippen molar-refractivity contribution in [2.45, 2.75) is 12.2 Å². The lowest BCUT2D eigenvalue weighted by atomic mass is 10.3. The lowest BCUT2D eigenvalue weighted by Gasteiger charge is -2.11. The van der Waals surface area contributed by atoms with Gasteiger partial charge in [0.2, 0.25) is 5.91 Å². The van der Waals surface area contributed by atoms with Crippen LogP contribution in [0.5, 0.6) is 0 Å². The van der Waals surface area contributed by atoms with Crippen molar-refractivity contribution in [1.82, 2.24) is 0 Å². The van der Waals surface area contributed by atoms with E-state index >= 15 is 0 Å². The summed E-state index contributed by atoms with van der Waals surface area (Å²) in [6.45, 7) is 1.88. The van der Waals surface area contributed by atoms with E-state index in [1.165, 1.54) is 11.8 Å². The Hall–Kier alpha value is -0.000000000000000111. The van der Waals surface area contributed by atoms with Gasteiger partial charge in [0.05, 0.1) is 10.9 Å². The number of carbonyl (C=O) groups is 1. The number of nitrogens with one attached hydrogen (secondary N) is 1. The average molecular weight is 353 g/mol. The Bertz CT molecular complexity index is 370. The Morgan fingerprint density at radius 3 is 2.73 bits per heavy atom. The summed E-state index contributed by atoms with van der Waals surface area (Å²) >= 11 is 8.27. The molecule has 15 heavy (non-hydrogen) atoms. The van der Waals surface area contributed by atoms with Gasteiger partial charge < -0.3 is 5.32 Å². The van der Waals surface area contributed by atoms with E-state index in [9.17, 15) is 4.79 Å². The highest BCUT2D eigenvalue weighted by Crippen LogP contribution is 2.26. The summed E-state index contributed by atoms with van der Waals surface area (Å²) in [7, 11) is 0. The van der Waals surface area contributed by atoms with Gasteiger partial charge in [-0.15, -0.1) is 0 Å². The molecule has 5 heteroatoms. The van der Waals surface area contributed by atoms with E-state index < -0.39 is 0 Å². The number of carbonyl (C=O) groups excluding carboxylic acids is 1. The largest absolute Gasteiger partial charge is 0.324 e. The number of rotatable bonds is 3. The van der Waals surface area contributed by atoms with Crippen LogP contribution in [0.25, 0.3) is 0 Å². The van der Waals surface area contributed by atoms with Gasteiger partial charge in [0.1, 0.15) is 0 Å². The predicted octanol–water partition coefficient (Wildman–Crippen LogP) is 3.90. The number of thioether (sulfide) groups is 1. The first kappa shape index (κ1) is 13.1. The lowest BCUT2D eigenvalue weighted by molar-refractivity contribution is -0.115. The molecule has 1 unspecified atom stereocenters. The van der Waals surface area contributed by atoms with E-state index in [4.69, 9.17) is 0 Å². The van der Waals surface area contributed by atoms with Gasteiger partial charge in [0.15, 0.2) is 0 Å². The third-order valence-electron chi connectivity index (χ3n) is 1.91. The summed E-state index contributed by atoms with van der Waals surface area (Å²) in [5.41, 5.74) is 0.787. The average Bonchev–Trinajstić information content (AvgIpc) is 2.22. The van der Waals surface area contributed by atoms with Crippen LogP contribution < -0.4 is 5.32 Å². The fourth-order valence-corrected chi connectivity index (χ4v) is 1.91. The molecule has 0 aromatic heterocycles. The molecule has 1 atom stereocenters. The van der Waals surface area contributed by atoms with Gasteiger partial charge in [-0.3, -0.25) is 4.79 Å². The number of benzene rings is 1. The van der Waals surface area contributed by atoms with E-state index in [0.717, 1.165) is 14.6 Å². The van der Waals surface area contributed by atoms with Crippen molar-refractivity contribution in [3.8, 4) is 0 Å². The molecule has 1 N–H and O–H groups in total. The first-order chi connectivity index (χ1) is 7.04. The van der Waals surface area contributed by atoms with E-state index in [2.05, 4.69) is 37.2 Å². The summed E-state index contributed by atoms with van der Waals surface area (Å²) in [6.07, 6.45) is 1.92. The molecule has 1 amide bonds.